The van der Waals surface area contributed by atoms with Crippen molar-refractivity contribution in [3.63, 3.8) is 0 Å². The van der Waals surface area contributed by atoms with E-state index < -0.39 is 0 Å². The van der Waals surface area contributed by atoms with Gasteiger partial charge in [0.15, 0.2) is 5.13 Å². The van der Waals surface area contributed by atoms with Crippen LogP contribution in [0.4, 0.5) is 5.13 Å². The Bertz CT molecular complexity index is 732. The van der Waals surface area contributed by atoms with Crippen LogP contribution in [-0.4, -0.2) is 45.7 Å². The largest absolute Gasteiger partial charge is 0.375 e. The third kappa shape index (κ3) is 2.80. The Balaban J connectivity index is 1.36. The van der Waals surface area contributed by atoms with Crippen molar-refractivity contribution < 1.29 is 9.53 Å². The summed E-state index contributed by atoms with van der Waals surface area (Å²) < 4.78 is 6.12. The number of aromatic amines is 1. The molecule has 1 fully saturated rings. The highest BCUT2D eigenvalue weighted by molar-refractivity contribution is 7.13. The Morgan fingerprint density at radius 2 is 2.29 bits per heavy atom. The Morgan fingerprint density at radius 1 is 1.46 bits per heavy atom. The van der Waals surface area contributed by atoms with E-state index in [2.05, 4.69) is 15.2 Å². The number of thiazole rings is 1. The summed E-state index contributed by atoms with van der Waals surface area (Å²) in [5.74, 6) is 0.178. The van der Waals surface area contributed by atoms with Gasteiger partial charge in [0.05, 0.1) is 24.2 Å². The van der Waals surface area contributed by atoms with E-state index in [0.717, 1.165) is 50.3 Å². The minimum absolute atomic E-state index is 0.178. The molecule has 0 aromatic carbocycles. The summed E-state index contributed by atoms with van der Waals surface area (Å²) in [7, 11) is 0. The van der Waals surface area contributed by atoms with E-state index >= 15 is 0 Å². The van der Waals surface area contributed by atoms with Gasteiger partial charge < -0.3 is 15.4 Å². The zero-order chi connectivity index (χ0) is 16.6. The van der Waals surface area contributed by atoms with Gasteiger partial charge in [-0.2, -0.15) is 5.10 Å². The molecule has 0 bridgehead atoms. The molecule has 0 unspecified atom stereocenters. The molecule has 0 aliphatic carbocycles. The van der Waals surface area contributed by atoms with E-state index in [0.29, 0.717) is 18.0 Å². The van der Waals surface area contributed by atoms with Gasteiger partial charge in [-0.1, -0.05) is 0 Å². The number of aryl methyl sites for hydroxylation is 1. The zero-order valence-electron chi connectivity index (χ0n) is 13.5. The molecule has 2 aromatic heterocycles. The highest BCUT2D eigenvalue weighted by atomic mass is 32.1. The number of H-pyrrole nitrogens is 1. The van der Waals surface area contributed by atoms with Crippen LogP contribution < -0.4 is 5.73 Å². The van der Waals surface area contributed by atoms with E-state index in [9.17, 15) is 4.79 Å². The van der Waals surface area contributed by atoms with Gasteiger partial charge in [-0.15, -0.1) is 11.3 Å². The molecule has 4 heterocycles. The van der Waals surface area contributed by atoms with Crippen LogP contribution in [0.3, 0.4) is 0 Å². The number of hydrogen-bond acceptors (Lipinski definition) is 6. The topological polar surface area (TPSA) is 97.1 Å². The second-order valence-corrected chi connectivity index (χ2v) is 7.31. The van der Waals surface area contributed by atoms with Crippen LogP contribution in [-0.2, 0) is 28.0 Å². The van der Waals surface area contributed by atoms with Crippen molar-refractivity contribution >= 4 is 22.4 Å². The second-order valence-electron chi connectivity index (χ2n) is 6.42. The lowest BCUT2D eigenvalue weighted by molar-refractivity contribution is -0.141. The van der Waals surface area contributed by atoms with Crippen LogP contribution in [0.1, 0.15) is 36.2 Å². The molecular formula is C16H21N5O2S. The highest BCUT2D eigenvalue weighted by Crippen LogP contribution is 2.40. The van der Waals surface area contributed by atoms with Crippen molar-refractivity contribution in [2.24, 2.45) is 0 Å². The maximum atomic E-state index is 12.5. The summed E-state index contributed by atoms with van der Waals surface area (Å²) in [5, 5.41) is 9.76. The first-order valence-electron chi connectivity index (χ1n) is 8.31. The van der Waals surface area contributed by atoms with E-state index in [4.69, 9.17) is 10.5 Å². The normalized spacial score (nSPS) is 19.4. The number of carbonyl (C=O) groups is 1. The minimum Gasteiger partial charge on any atom is -0.375 e. The number of aromatic nitrogens is 3. The van der Waals surface area contributed by atoms with Gasteiger partial charge in [0.25, 0.3) is 0 Å². The standard InChI is InChI=1S/C16H21N5O2S/c17-15-19-12(10-24-15)1-2-13(22)21-6-4-16(5-7-21)14-11(3-8-23-16)9-18-20-14/h9-10H,1-8H2,(H2,17,19)(H,18,20). The molecule has 2 aromatic rings. The average molecular weight is 347 g/mol. The number of rotatable bonds is 3. The van der Waals surface area contributed by atoms with Crippen LogP contribution >= 0.6 is 11.3 Å². The Morgan fingerprint density at radius 3 is 3.04 bits per heavy atom. The van der Waals surface area contributed by atoms with Crippen LogP contribution in [0.2, 0.25) is 0 Å². The van der Waals surface area contributed by atoms with Crippen LogP contribution in [0.5, 0.6) is 0 Å². The lowest BCUT2D eigenvalue weighted by Crippen LogP contribution is -2.48. The van der Waals surface area contributed by atoms with E-state index in [1.807, 2.05) is 16.5 Å². The minimum atomic E-state index is -0.287. The predicted molar refractivity (Wildman–Crippen MR) is 90.6 cm³/mol. The molecule has 0 radical (unpaired) electrons. The number of anilines is 1. The molecule has 1 spiro atoms. The molecule has 2 aliphatic heterocycles. The van der Waals surface area contributed by atoms with E-state index in [1.54, 1.807) is 0 Å². The zero-order valence-corrected chi connectivity index (χ0v) is 14.3. The SMILES string of the molecule is Nc1nc(CCC(=O)N2CCC3(CC2)OCCc2cn[nH]c23)cs1. The highest BCUT2D eigenvalue weighted by Gasteiger charge is 2.42. The van der Waals surface area contributed by atoms with Crippen molar-refractivity contribution in [1.29, 1.82) is 0 Å². The van der Waals surface area contributed by atoms with Crippen molar-refractivity contribution in [3.8, 4) is 0 Å². The summed E-state index contributed by atoms with van der Waals surface area (Å²) in [6.07, 6.45) is 5.57. The number of likely N-dealkylation sites (tertiary alicyclic amines) is 1. The predicted octanol–water partition coefficient (Wildman–Crippen LogP) is 1.47. The average Bonchev–Trinajstić information content (AvgIpc) is 3.23. The number of nitrogens with one attached hydrogen (secondary N) is 1. The molecule has 0 atom stereocenters. The van der Waals surface area contributed by atoms with Crippen LogP contribution in [0.15, 0.2) is 11.6 Å². The van der Waals surface area contributed by atoms with Gasteiger partial charge in [-0.05, 0) is 31.2 Å². The summed E-state index contributed by atoms with van der Waals surface area (Å²) in [6.45, 7) is 2.17. The van der Waals surface area contributed by atoms with Crippen LogP contribution in [0, 0.1) is 0 Å². The third-order valence-electron chi connectivity index (χ3n) is 5.01. The number of carbonyl (C=O) groups excluding carboxylic acids is 1. The first kappa shape index (κ1) is 15.6. The fraction of sp³-hybridized carbons (Fsp3) is 0.562. The molecule has 8 heteroatoms. The molecule has 1 amide bonds. The molecule has 128 valence electrons. The first-order chi connectivity index (χ1) is 11.7. The van der Waals surface area contributed by atoms with Crippen molar-refractivity contribution in [2.45, 2.75) is 37.7 Å². The third-order valence-corrected chi connectivity index (χ3v) is 5.73. The smallest absolute Gasteiger partial charge is 0.222 e. The quantitative estimate of drug-likeness (QED) is 0.876. The Hall–Kier alpha value is -1.93. The Kier molecular flexibility index (Phi) is 4.01. The van der Waals surface area contributed by atoms with Gasteiger partial charge in [-0.3, -0.25) is 9.89 Å². The fourth-order valence-electron chi connectivity index (χ4n) is 3.67. The van der Waals surface area contributed by atoms with Crippen molar-refractivity contribution in [3.05, 3.63) is 28.5 Å². The molecule has 7 nitrogen and oxygen atoms in total. The van der Waals surface area contributed by atoms with Gasteiger partial charge in [0.2, 0.25) is 5.91 Å². The lowest BCUT2D eigenvalue weighted by atomic mass is 9.83. The molecule has 3 N–H and O–H groups in total. The van der Waals surface area contributed by atoms with Crippen molar-refractivity contribution in [2.75, 3.05) is 25.4 Å². The van der Waals surface area contributed by atoms with Gasteiger partial charge in [-0.25, -0.2) is 4.98 Å². The molecule has 1 saturated heterocycles. The number of hydrogen-bond donors (Lipinski definition) is 2. The van der Waals surface area contributed by atoms with E-state index in [-0.39, 0.29) is 11.5 Å². The molecule has 0 saturated carbocycles. The Labute approximate surface area is 144 Å². The molecule has 24 heavy (non-hydrogen) atoms. The monoisotopic (exact) mass is 347 g/mol. The van der Waals surface area contributed by atoms with Crippen molar-refractivity contribution in [1.82, 2.24) is 20.1 Å². The van der Waals surface area contributed by atoms with Crippen LogP contribution in [0.25, 0.3) is 0 Å². The number of ether oxygens (including phenoxy) is 1. The number of nitrogen functional groups attached to an aromatic ring is 1. The molecule has 4 rings (SSSR count). The fourth-order valence-corrected chi connectivity index (χ4v) is 4.26. The second kappa shape index (κ2) is 6.18. The number of nitrogens with zero attached hydrogens (tertiary/aromatic N) is 3. The number of fused-ring (bicyclic) bond motifs is 2. The van der Waals surface area contributed by atoms with E-state index in [1.165, 1.54) is 16.9 Å². The summed E-state index contributed by atoms with van der Waals surface area (Å²) in [6, 6.07) is 0. The number of piperidine rings is 1. The summed E-state index contributed by atoms with van der Waals surface area (Å²) in [5.41, 5.74) is 8.60. The number of nitrogens with two attached hydrogens (primary N) is 1. The molecule has 2 aliphatic rings. The number of amides is 1. The van der Waals surface area contributed by atoms with Gasteiger partial charge in [0.1, 0.15) is 5.60 Å². The summed E-state index contributed by atoms with van der Waals surface area (Å²) in [4.78, 5) is 18.6. The maximum Gasteiger partial charge on any atom is 0.222 e. The van der Waals surface area contributed by atoms with Gasteiger partial charge in [0, 0.05) is 24.9 Å². The molecular weight excluding hydrogens is 326 g/mol. The first-order valence-corrected chi connectivity index (χ1v) is 9.19. The maximum absolute atomic E-state index is 12.5. The lowest BCUT2D eigenvalue weighted by Gasteiger charge is -2.43. The summed E-state index contributed by atoms with van der Waals surface area (Å²) >= 11 is 1.42. The van der Waals surface area contributed by atoms with Gasteiger partial charge >= 0.3 is 0 Å².